The maximum Gasteiger partial charge on any atom is 0.274 e. The number of hydrogen-bond donors (Lipinski definition) is 2. The number of nitrogens with one attached hydrogen (secondary N) is 2. The van der Waals surface area contributed by atoms with Gasteiger partial charge in [-0.15, -0.1) is 10.2 Å². The zero-order chi connectivity index (χ0) is 18.0. The summed E-state index contributed by atoms with van der Waals surface area (Å²) in [6.45, 7) is 12.4. The molecule has 1 heterocycles. The van der Waals surface area contributed by atoms with Crippen molar-refractivity contribution >= 4 is 5.95 Å². The molecule has 1 aromatic heterocycles. The van der Waals surface area contributed by atoms with Gasteiger partial charge in [-0.25, -0.2) is 0 Å². The van der Waals surface area contributed by atoms with E-state index in [1.54, 1.807) is 0 Å². The van der Waals surface area contributed by atoms with Crippen molar-refractivity contribution in [3.05, 3.63) is 45.9 Å². The second-order valence-electron chi connectivity index (χ2n) is 7.81. The Labute approximate surface area is 142 Å². The van der Waals surface area contributed by atoms with Crippen LogP contribution in [0.25, 0.3) is 0 Å². The van der Waals surface area contributed by atoms with Crippen LogP contribution < -0.4 is 15.6 Å². The van der Waals surface area contributed by atoms with E-state index in [4.69, 9.17) is 4.74 Å². The summed E-state index contributed by atoms with van der Waals surface area (Å²) < 4.78 is 5.79. The van der Waals surface area contributed by atoms with Crippen molar-refractivity contribution in [2.45, 2.75) is 59.1 Å². The van der Waals surface area contributed by atoms with E-state index in [0.717, 1.165) is 11.3 Å². The molecule has 6 nitrogen and oxygen atoms in total. The highest BCUT2D eigenvalue weighted by atomic mass is 16.5. The van der Waals surface area contributed by atoms with Crippen molar-refractivity contribution in [3.63, 3.8) is 0 Å². The molecule has 0 saturated heterocycles. The maximum absolute atomic E-state index is 12.1. The van der Waals surface area contributed by atoms with E-state index in [1.165, 1.54) is 0 Å². The number of aromatic nitrogens is 3. The summed E-state index contributed by atoms with van der Waals surface area (Å²) in [5.41, 5.74) is 0.718. The molecule has 0 aliphatic rings. The predicted molar refractivity (Wildman–Crippen MR) is 95.5 cm³/mol. The molecule has 0 radical (unpaired) electrons. The number of nitrogens with zero attached hydrogens (tertiary/aromatic N) is 2. The fraction of sp³-hybridized carbons (Fsp3) is 0.500. The van der Waals surface area contributed by atoms with Gasteiger partial charge in [0.15, 0.2) is 0 Å². The molecule has 2 rings (SSSR count). The lowest BCUT2D eigenvalue weighted by Crippen LogP contribution is -2.28. The summed E-state index contributed by atoms with van der Waals surface area (Å²) in [4.78, 5) is 14.8. The third kappa shape index (κ3) is 5.08. The zero-order valence-corrected chi connectivity index (χ0v) is 15.2. The maximum atomic E-state index is 12.1. The average molecular weight is 330 g/mol. The topological polar surface area (TPSA) is 79.9 Å². The summed E-state index contributed by atoms with van der Waals surface area (Å²) in [6, 6.07) is 7.81. The minimum Gasteiger partial charge on any atom is -0.488 e. The number of aromatic amines is 1. The molecular weight excluding hydrogens is 304 g/mol. The number of hydrogen-bond acceptors (Lipinski definition) is 5. The minimum atomic E-state index is -0.331. The van der Waals surface area contributed by atoms with E-state index in [0.29, 0.717) is 18.2 Å². The second-order valence-corrected chi connectivity index (χ2v) is 7.81. The van der Waals surface area contributed by atoms with Gasteiger partial charge in [0.2, 0.25) is 5.95 Å². The SMILES string of the molecule is CC(C)(C)Oc1ccc(CNc2nnc(C(C)(C)C)c(=O)[nH]2)cc1. The number of H-pyrrole nitrogens is 1. The quantitative estimate of drug-likeness (QED) is 0.899. The highest BCUT2D eigenvalue weighted by molar-refractivity contribution is 5.31. The molecule has 130 valence electrons. The summed E-state index contributed by atoms with van der Waals surface area (Å²) in [5, 5.41) is 11.2. The highest BCUT2D eigenvalue weighted by Crippen LogP contribution is 2.19. The fourth-order valence-electron chi connectivity index (χ4n) is 2.12. The molecule has 24 heavy (non-hydrogen) atoms. The lowest BCUT2D eigenvalue weighted by atomic mass is 9.93. The van der Waals surface area contributed by atoms with Gasteiger partial charge >= 0.3 is 0 Å². The van der Waals surface area contributed by atoms with E-state index < -0.39 is 0 Å². The minimum absolute atomic E-state index is 0.214. The second kappa shape index (κ2) is 6.63. The Morgan fingerprint density at radius 1 is 1.04 bits per heavy atom. The van der Waals surface area contributed by atoms with E-state index in [2.05, 4.69) is 20.5 Å². The van der Waals surface area contributed by atoms with Crippen LogP contribution in [0.15, 0.2) is 29.1 Å². The molecule has 0 bridgehead atoms. The van der Waals surface area contributed by atoms with Gasteiger partial charge in [0.05, 0.1) is 0 Å². The lowest BCUT2D eigenvalue weighted by molar-refractivity contribution is 0.131. The summed E-state index contributed by atoms with van der Waals surface area (Å²) in [7, 11) is 0. The van der Waals surface area contributed by atoms with Gasteiger partial charge in [0.25, 0.3) is 5.56 Å². The summed E-state index contributed by atoms with van der Waals surface area (Å²) in [5.74, 6) is 1.19. The average Bonchev–Trinajstić information content (AvgIpc) is 2.43. The van der Waals surface area contributed by atoms with Crippen LogP contribution in [0, 0.1) is 0 Å². The van der Waals surface area contributed by atoms with Crippen molar-refractivity contribution in [3.8, 4) is 5.75 Å². The van der Waals surface area contributed by atoms with Crippen LogP contribution in [-0.4, -0.2) is 20.8 Å². The molecule has 6 heteroatoms. The molecule has 0 atom stereocenters. The van der Waals surface area contributed by atoms with Crippen LogP contribution in [-0.2, 0) is 12.0 Å². The monoisotopic (exact) mass is 330 g/mol. The van der Waals surface area contributed by atoms with Crippen LogP contribution in [0.3, 0.4) is 0 Å². The van der Waals surface area contributed by atoms with Crippen LogP contribution >= 0.6 is 0 Å². The Morgan fingerprint density at radius 2 is 1.67 bits per heavy atom. The number of anilines is 1. The van der Waals surface area contributed by atoms with Crippen molar-refractivity contribution in [1.29, 1.82) is 0 Å². The van der Waals surface area contributed by atoms with E-state index in [9.17, 15) is 4.79 Å². The third-order valence-corrected chi connectivity index (χ3v) is 3.21. The molecule has 0 aliphatic carbocycles. The highest BCUT2D eigenvalue weighted by Gasteiger charge is 2.20. The molecule has 0 saturated carbocycles. The van der Waals surface area contributed by atoms with E-state index in [-0.39, 0.29) is 16.6 Å². The molecule has 0 spiro atoms. The Morgan fingerprint density at radius 3 is 2.17 bits per heavy atom. The van der Waals surface area contributed by atoms with Gasteiger partial charge in [-0.3, -0.25) is 9.78 Å². The van der Waals surface area contributed by atoms with Gasteiger partial charge in [0.1, 0.15) is 17.0 Å². The Hall–Kier alpha value is -2.37. The Balaban J connectivity index is 2.01. The molecule has 0 unspecified atom stereocenters. The molecular formula is C18H26N4O2. The summed E-state index contributed by atoms with van der Waals surface area (Å²) in [6.07, 6.45) is 0. The largest absolute Gasteiger partial charge is 0.488 e. The van der Waals surface area contributed by atoms with Crippen molar-refractivity contribution in [2.24, 2.45) is 0 Å². The van der Waals surface area contributed by atoms with Crippen molar-refractivity contribution in [2.75, 3.05) is 5.32 Å². The molecule has 2 aromatic rings. The van der Waals surface area contributed by atoms with Gasteiger partial charge in [0, 0.05) is 12.0 Å². The van der Waals surface area contributed by atoms with Crippen LogP contribution in [0.5, 0.6) is 5.75 Å². The first-order valence-corrected chi connectivity index (χ1v) is 8.04. The lowest BCUT2D eigenvalue weighted by Gasteiger charge is -2.21. The Kier molecular flexibility index (Phi) is 4.96. The van der Waals surface area contributed by atoms with Gasteiger partial charge in [-0.2, -0.15) is 0 Å². The fourth-order valence-corrected chi connectivity index (χ4v) is 2.12. The van der Waals surface area contributed by atoms with E-state index >= 15 is 0 Å². The van der Waals surface area contributed by atoms with Gasteiger partial charge < -0.3 is 10.1 Å². The van der Waals surface area contributed by atoms with Gasteiger partial charge in [-0.05, 0) is 38.5 Å². The Bertz CT molecular complexity index is 737. The first-order valence-electron chi connectivity index (χ1n) is 8.04. The van der Waals surface area contributed by atoms with Gasteiger partial charge in [-0.1, -0.05) is 32.9 Å². The molecule has 2 N–H and O–H groups in total. The predicted octanol–water partition coefficient (Wildman–Crippen LogP) is 3.25. The standard InChI is InChI=1S/C18H26N4O2/c1-17(2,3)14-15(23)20-16(22-21-14)19-11-12-7-9-13(10-8-12)24-18(4,5)6/h7-10H,11H2,1-6H3,(H2,19,20,22,23). The number of rotatable bonds is 4. The smallest absolute Gasteiger partial charge is 0.274 e. The zero-order valence-electron chi connectivity index (χ0n) is 15.2. The van der Waals surface area contributed by atoms with Crippen LogP contribution in [0.1, 0.15) is 52.8 Å². The summed E-state index contributed by atoms with van der Waals surface area (Å²) >= 11 is 0. The number of ether oxygens (including phenoxy) is 1. The molecule has 1 aromatic carbocycles. The van der Waals surface area contributed by atoms with Crippen molar-refractivity contribution in [1.82, 2.24) is 15.2 Å². The molecule has 0 aliphatic heterocycles. The first kappa shape index (κ1) is 18.0. The van der Waals surface area contributed by atoms with E-state index in [1.807, 2.05) is 65.8 Å². The third-order valence-electron chi connectivity index (χ3n) is 3.21. The molecule has 0 fully saturated rings. The molecule has 0 amide bonds. The van der Waals surface area contributed by atoms with Crippen molar-refractivity contribution < 1.29 is 4.74 Å². The first-order chi connectivity index (χ1) is 11.0. The number of benzene rings is 1. The van der Waals surface area contributed by atoms with Crippen LogP contribution in [0.4, 0.5) is 5.95 Å². The van der Waals surface area contributed by atoms with Crippen LogP contribution in [0.2, 0.25) is 0 Å². The normalized spacial score (nSPS) is 12.1.